The van der Waals surface area contributed by atoms with Crippen LogP contribution in [-0.4, -0.2) is 24.5 Å². The fraction of sp³-hybridized carbons (Fsp3) is 0.111. The van der Waals surface area contributed by atoms with Gasteiger partial charge in [-0.15, -0.1) is 0 Å². The summed E-state index contributed by atoms with van der Waals surface area (Å²) in [5, 5.41) is 0.0207. The average molecular weight is 372 g/mol. The largest absolute Gasteiger partial charge is 0.264 e. The number of rotatable bonds is 3. The van der Waals surface area contributed by atoms with Crippen molar-refractivity contribution < 1.29 is 8.78 Å². The van der Waals surface area contributed by atoms with Crippen molar-refractivity contribution in [1.29, 1.82) is 0 Å². The number of hydrogen-bond donors (Lipinski definition) is 0. The van der Waals surface area contributed by atoms with Gasteiger partial charge >= 0.3 is 0 Å². The molecule has 130 valence electrons. The number of benzene rings is 2. The number of nitrogens with zero attached hydrogens (tertiary/aromatic N) is 5. The molecule has 4 rings (SSSR count). The fourth-order valence-corrected chi connectivity index (χ4v) is 2.86. The van der Waals surface area contributed by atoms with Crippen molar-refractivity contribution in [2.24, 2.45) is 0 Å². The highest BCUT2D eigenvalue weighted by Crippen LogP contribution is 2.25. The summed E-state index contributed by atoms with van der Waals surface area (Å²) in [6, 6.07) is 9.02. The Morgan fingerprint density at radius 1 is 1.04 bits per heavy atom. The first kappa shape index (κ1) is 16.5. The molecule has 0 aliphatic heterocycles. The van der Waals surface area contributed by atoms with Crippen molar-refractivity contribution >= 4 is 22.6 Å². The summed E-state index contributed by atoms with van der Waals surface area (Å²) in [5.41, 5.74) is 1.27. The van der Waals surface area contributed by atoms with Gasteiger partial charge in [-0.2, -0.15) is 4.98 Å². The fourth-order valence-electron chi connectivity index (χ4n) is 2.74. The summed E-state index contributed by atoms with van der Waals surface area (Å²) in [6.07, 6.45) is 1.89. The molecule has 5 nitrogen and oxygen atoms in total. The van der Waals surface area contributed by atoms with Gasteiger partial charge in [0.15, 0.2) is 11.6 Å². The quantitative estimate of drug-likeness (QED) is 0.536. The normalized spacial score (nSPS) is 11.2. The molecule has 0 spiro atoms. The molecule has 8 heteroatoms. The lowest BCUT2D eigenvalue weighted by Gasteiger charge is -2.08. The molecule has 4 aromatic rings. The van der Waals surface area contributed by atoms with Crippen molar-refractivity contribution in [2.45, 2.75) is 13.3 Å². The Morgan fingerprint density at radius 2 is 1.88 bits per heavy atom. The van der Waals surface area contributed by atoms with Crippen LogP contribution in [0.1, 0.15) is 12.7 Å². The Hall–Kier alpha value is -2.93. The molecule has 0 atom stereocenters. The molecule has 0 radical (unpaired) electrons. The van der Waals surface area contributed by atoms with E-state index >= 15 is 0 Å². The predicted molar refractivity (Wildman–Crippen MR) is 94.2 cm³/mol. The third-order valence-electron chi connectivity index (χ3n) is 3.96. The van der Waals surface area contributed by atoms with Crippen LogP contribution >= 0.6 is 11.6 Å². The lowest BCUT2D eigenvalue weighted by molar-refractivity contribution is 0.628. The maximum absolute atomic E-state index is 14.1. The molecule has 2 aromatic heterocycles. The van der Waals surface area contributed by atoms with Crippen molar-refractivity contribution in [3.63, 3.8) is 0 Å². The van der Waals surface area contributed by atoms with Gasteiger partial charge < -0.3 is 0 Å². The number of hydrogen-bond acceptors (Lipinski definition) is 4. The summed E-state index contributed by atoms with van der Waals surface area (Å²) in [6.45, 7) is 1.91. The number of imidazole rings is 1. The van der Waals surface area contributed by atoms with E-state index in [4.69, 9.17) is 11.6 Å². The molecule has 0 unspecified atom stereocenters. The molecule has 0 aliphatic carbocycles. The summed E-state index contributed by atoms with van der Waals surface area (Å²) in [7, 11) is 0. The predicted octanol–water partition coefficient (Wildman–Crippen LogP) is 4.37. The number of aryl methyl sites for hydroxylation is 1. The van der Waals surface area contributed by atoms with Gasteiger partial charge in [0.05, 0.1) is 10.5 Å². The van der Waals surface area contributed by atoms with Gasteiger partial charge in [-0.3, -0.25) is 4.57 Å². The molecular formula is C18H12ClF2N5. The molecule has 0 fully saturated rings. The smallest absolute Gasteiger partial charge is 0.239 e. The van der Waals surface area contributed by atoms with E-state index < -0.39 is 11.6 Å². The Balaban J connectivity index is 1.91. The summed E-state index contributed by atoms with van der Waals surface area (Å²) in [5.74, 6) is 0.214. The maximum atomic E-state index is 14.1. The highest BCUT2D eigenvalue weighted by atomic mass is 35.5. The standard InChI is InChI=1S/C18H12ClF2N5/c1-2-15-24-16-12(20)4-3-5-14(16)26(15)18-23-9-22-17(25-18)10-6-7-11(19)13(21)8-10/h3-9H,2H2,1H3. The molecule has 0 saturated heterocycles. The van der Waals surface area contributed by atoms with Gasteiger partial charge in [0.1, 0.15) is 23.5 Å². The van der Waals surface area contributed by atoms with E-state index in [1.807, 2.05) is 6.92 Å². The van der Waals surface area contributed by atoms with E-state index in [1.54, 1.807) is 22.8 Å². The molecule has 0 saturated carbocycles. The molecule has 2 aromatic carbocycles. The lowest BCUT2D eigenvalue weighted by atomic mass is 10.2. The second kappa shape index (κ2) is 6.42. The second-order valence-corrected chi connectivity index (χ2v) is 5.97. The first-order valence-electron chi connectivity index (χ1n) is 7.89. The van der Waals surface area contributed by atoms with E-state index in [0.29, 0.717) is 23.3 Å². The van der Waals surface area contributed by atoms with E-state index in [2.05, 4.69) is 19.9 Å². The van der Waals surface area contributed by atoms with Gasteiger partial charge in [-0.1, -0.05) is 24.6 Å². The zero-order valence-corrected chi connectivity index (χ0v) is 14.4. The van der Waals surface area contributed by atoms with Crippen LogP contribution in [0.3, 0.4) is 0 Å². The Labute approximate surface area is 152 Å². The SMILES string of the molecule is CCc1nc2c(F)cccc2n1-c1ncnc(-c2ccc(Cl)c(F)c2)n1. The van der Waals surface area contributed by atoms with E-state index in [0.717, 1.165) is 0 Å². The maximum Gasteiger partial charge on any atom is 0.239 e. The minimum atomic E-state index is -0.560. The summed E-state index contributed by atoms with van der Waals surface area (Å²) >= 11 is 5.72. The summed E-state index contributed by atoms with van der Waals surface area (Å²) in [4.78, 5) is 17.1. The number of aromatic nitrogens is 5. The first-order valence-corrected chi connectivity index (χ1v) is 8.27. The van der Waals surface area contributed by atoms with Gasteiger partial charge in [-0.25, -0.2) is 23.7 Å². The van der Waals surface area contributed by atoms with Crippen molar-refractivity contribution in [3.8, 4) is 17.3 Å². The molecule has 0 bridgehead atoms. The molecular weight excluding hydrogens is 360 g/mol. The Bertz CT molecular complexity index is 1130. The lowest BCUT2D eigenvalue weighted by Crippen LogP contribution is -2.07. The molecule has 0 aliphatic rings. The third-order valence-corrected chi connectivity index (χ3v) is 4.27. The van der Waals surface area contributed by atoms with Gasteiger partial charge in [0.25, 0.3) is 0 Å². The van der Waals surface area contributed by atoms with Gasteiger partial charge in [0, 0.05) is 12.0 Å². The van der Waals surface area contributed by atoms with Crippen LogP contribution in [0.15, 0.2) is 42.7 Å². The van der Waals surface area contributed by atoms with Crippen LogP contribution in [0, 0.1) is 11.6 Å². The summed E-state index contributed by atoms with van der Waals surface area (Å²) < 4.78 is 29.5. The van der Waals surface area contributed by atoms with Crippen LogP contribution in [0.2, 0.25) is 5.02 Å². The minimum absolute atomic E-state index is 0.0207. The highest BCUT2D eigenvalue weighted by molar-refractivity contribution is 6.30. The van der Waals surface area contributed by atoms with Gasteiger partial charge in [-0.05, 0) is 30.3 Å². The van der Waals surface area contributed by atoms with Crippen LogP contribution in [-0.2, 0) is 6.42 Å². The second-order valence-electron chi connectivity index (χ2n) is 5.56. The molecule has 0 amide bonds. The third kappa shape index (κ3) is 2.70. The monoisotopic (exact) mass is 371 g/mol. The number of fused-ring (bicyclic) bond motifs is 1. The Kier molecular flexibility index (Phi) is 4.08. The zero-order chi connectivity index (χ0) is 18.3. The van der Waals surface area contributed by atoms with Crippen molar-refractivity contribution in [2.75, 3.05) is 0 Å². The van der Waals surface area contributed by atoms with E-state index in [1.165, 1.54) is 24.5 Å². The number of para-hydroxylation sites is 1. The highest BCUT2D eigenvalue weighted by Gasteiger charge is 2.17. The molecule has 2 heterocycles. The van der Waals surface area contributed by atoms with Crippen molar-refractivity contribution in [3.05, 3.63) is 65.2 Å². The van der Waals surface area contributed by atoms with E-state index in [9.17, 15) is 8.78 Å². The first-order chi connectivity index (χ1) is 12.6. The van der Waals surface area contributed by atoms with Crippen LogP contribution in [0.25, 0.3) is 28.4 Å². The Morgan fingerprint density at radius 3 is 2.65 bits per heavy atom. The molecule has 0 N–H and O–H groups in total. The topological polar surface area (TPSA) is 56.5 Å². The number of halogens is 3. The molecule has 26 heavy (non-hydrogen) atoms. The minimum Gasteiger partial charge on any atom is -0.264 e. The van der Waals surface area contributed by atoms with Crippen LogP contribution in [0.4, 0.5) is 8.78 Å². The van der Waals surface area contributed by atoms with E-state index in [-0.39, 0.29) is 22.3 Å². The zero-order valence-electron chi connectivity index (χ0n) is 13.6. The van der Waals surface area contributed by atoms with Crippen molar-refractivity contribution in [1.82, 2.24) is 24.5 Å². The van der Waals surface area contributed by atoms with Gasteiger partial charge in [0.2, 0.25) is 5.95 Å². The average Bonchev–Trinajstić information content (AvgIpc) is 3.04. The van der Waals surface area contributed by atoms with Crippen LogP contribution in [0.5, 0.6) is 0 Å². The van der Waals surface area contributed by atoms with Crippen LogP contribution < -0.4 is 0 Å².